The van der Waals surface area contributed by atoms with E-state index in [2.05, 4.69) is 20.1 Å². The number of hydrogen-bond donors (Lipinski definition) is 1. The van der Waals surface area contributed by atoms with E-state index >= 15 is 0 Å². The van der Waals surface area contributed by atoms with Gasteiger partial charge in [-0.15, -0.1) is 10.2 Å². The maximum atomic E-state index is 13.3. The molecule has 4 rings (SSSR count). The van der Waals surface area contributed by atoms with Crippen LogP contribution in [0.1, 0.15) is 55.2 Å². The van der Waals surface area contributed by atoms with Crippen LogP contribution in [0.3, 0.4) is 0 Å². The zero-order chi connectivity index (χ0) is 18.8. The molecule has 2 aliphatic rings. The Morgan fingerprint density at radius 3 is 2.93 bits per heavy atom. The van der Waals surface area contributed by atoms with E-state index in [-0.39, 0.29) is 17.7 Å². The fourth-order valence-electron chi connectivity index (χ4n) is 3.92. The minimum atomic E-state index is -0.856. The second kappa shape index (κ2) is 7.74. The van der Waals surface area contributed by atoms with Gasteiger partial charge >= 0.3 is 0 Å². The Balaban J connectivity index is 1.23. The monoisotopic (exact) mass is 374 g/mol. The van der Waals surface area contributed by atoms with Crippen molar-refractivity contribution in [3.05, 3.63) is 47.0 Å². The van der Waals surface area contributed by atoms with Gasteiger partial charge in [-0.1, -0.05) is 12.5 Å². The first kappa shape index (κ1) is 18.1. The number of benzene rings is 1. The molecular formula is C20H24F2N4O. The van der Waals surface area contributed by atoms with Gasteiger partial charge in [0.2, 0.25) is 5.91 Å². The van der Waals surface area contributed by atoms with Crippen molar-refractivity contribution in [2.24, 2.45) is 5.92 Å². The van der Waals surface area contributed by atoms with Crippen molar-refractivity contribution in [3.63, 3.8) is 0 Å². The summed E-state index contributed by atoms with van der Waals surface area (Å²) in [6.07, 6.45) is 6.87. The third-order valence-corrected chi connectivity index (χ3v) is 5.56. The van der Waals surface area contributed by atoms with Crippen LogP contribution in [0.4, 0.5) is 8.78 Å². The first-order valence-electron chi connectivity index (χ1n) is 9.77. The van der Waals surface area contributed by atoms with Gasteiger partial charge in [-0.25, -0.2) is 8.78 Å². The van der Waals surface area contributed by atoms with E-state index in [9.17, 15) is 13.6 Å². The van der Waals surface area contributed by atoms with Gasteiger partial charge in [-0.2, -0.15) is 0 Å². The Morgan fingerprint density at radius 1 is 1.19 bits per heavy atom. The summed E-state index contributed by atoms with van der Waals surface area (Å²) in [5, 5.41) is 11.6. The number of halogens is 2. The predicted octanol–water partition coefficient (Wildman–Crippen LogP) is 3.14. The number of nitrogens with one attached hydrogen (secondary N) is 1. The number of rotatable bonds is 6. The lowest BCUT2D eigenvalue weighted by atomic mass is 10.1. The number of aromatic nitrogens is 3. The van der Waals surface area contributed by atoms with Crippen LogP contribution < -0.4 is 5.32 Å². The van der Waals surface area contributed by atoms with Crippen molar-refractivity contribution in [3.8, 4) is 0 Å². The number of nitrogens with zero attached hydrogens (tertiary/aromatic N) is 3. The quantitative estimate of drug-likeness (QED) is 0.791. The first-order valence-corrected chi connectivity index (χ1v) is 9.77. The van der Waals surface area contributed by atoms with E-state index in [1.807, 2.05) is 0 Å². The molecule has 2 aromatic rings. The van der Waals surface area contributed by atoms with Gasteiger partial charge in [0.25, 0.3) is 0 Å². The van der Waals surface area contributed by atoms with Gasteiger partial charge in [0.05, 0.1) is 0 Å². The molecule has 1 N–H and O–H groups in total. The summed E-state index contributed by atoms with van der Waals surface area (Å²) < 4.78 is 28.6. The average Bonchev–Trinajstić information content (AvgIpc) is 3.42. The minimum absolute atomic E-state index is 0.00707. The largest absolute Gasteiger partial charge is 0.356 e. The third kappa shape index (κ3) is 4.01. The number of amides is 1. The van der Waals surface area contributed by atoms with E-state index in [0.29, 0.717) is 18.5 Å². The first-order chi connectivity index (χ1) is 13.1. The number of aryl methyl sites for hydroxylation is 2. The van der Waals surface area contributed by atoms with Crippen molar-refractivity contribution in [1.29, 1.82) is 0 Å². The van der Waals surface area contributed by atoms with E-state index < -0.39 is 11.6 Å². The number of fused-ring (bicyclic) bond motifs is 1. The second-order valence-corrected chi connectivity index (χ2v) is 7.51. The topological polar surface area (TPSA) is 59.8 Å². The van der Waals surface area contributed by atoms with Gasteiger partial charge < -0.3 is 9.88 Å². The van der Waals surface area contributed by atoms with E-state index in [1.165, 1.54) is 25.3 Å². The molecule has 1 saturated carbocycles. The Morgan fingerprint density at radius 2 is 2.07 bits per heavy atom. The third-order valence-electron chi connectivity index (χ3n) is 5.56. The molecule has 27 heavy (non-hydrogen) atoms. The summed E-state index contributed by atoms with van der Waals surface area (Å²) in [5.41, 5.74) is 0.695. The molecule has 144 valence electrons. The van der Waals surface area contributed by atoms with Crippen molar-refractivity contribution in [2.45, 2.75) is 57.4 Å². The van der Waals surface area contributed by atoms with Crippen molar-refractivity contribution < 1.29 is 13.6 Å². The predicted molar refractivity (Wildman–Crippen MR) is 96.1 cm³/mol. The molecule has 1 aliphatic heterocycles. The number of carbonyl (C=O) groups is 1. The van der Waals surface area contributed by atoms with Crippen molar-refractivity contribution in [2.75, 3.05) is 6.54 Å². The molecule has 0 saturated heterocycles. The van der Waals surface area contributed by atoms with Crippen LogP contribution in [0, 0.1) is 17.6 Å². The van der Waals surface area contributed by atoms with Crippen LogP contribution in [0.5, 0.6) is 0 Å². The van der Waals surface area contributed by atoms with Crippen LogP contribution >= 0.6 is 0 Å². The molecule has 2 atom stereocenters. The maximum Gasteiger partial charge on any atom is 0.223 e. The molecule has 1 amide bonds. The van der Waals surface area contributed by atoms with Gasteiger partial charge in [-0.05, 0) is 49.3 Å². The van der Waals surface area contributed by atoms with Gasteiger partial charge in [-0.3, -0.25) is 4.79 Å². The number of carbonyl (C=O) groups excluding carboxylic acids is 1. The molecular weight excluding hydrogens is 350 g/mol. The molecule has 1 aliphatic carbocycles. The van der Waals surface area contributed by atoms with E-state index in [4.69, 9.17) is 0 Å². The molecule has 0 bridgehead atoms. The van der Waals surface area contributed by atoms with E-state index in [1.54, 1.807) is 6.07 Å². The zero-order valence-corrected chi connectivity index (χ0v) is 15.3. The molecule has 2 heterocycles. The zero-order valence-electron chi connectivity index (χ0n) is 15.3. The SMILES string of the molecule is O=C(NCCCc1nnc2n1CCCCC2)[C@H]1C[C@@H]1c1ccc(F)c(F)c1. The maximum absolute atomic E-state index is 13.3. The lowest BCUT2D eigenvalue weighted by Crippen LogP contribution is -2.27. The van der Waals surface area contributed by atoms with E-state index in [0.717, 1.165) is 43.5 Å². The fraction of sp³-hybridized carbons (Fsp3) is 0.550. The molecule has 5 nitrogen and oxygen atoms in total. The fourth-order valence-corrected chi connectivity index (χ4v) is 3.92. The summed E-state index contributed by atoms with van der Waals surface area (Å²) in [6.45, 7) is 1.57. The Bertz CT molecular complexity index is 835. The Labute approximate surface area is 157 Å². The van der Waals surface area contributed by atoms with Gasteiger partial charge in [0, 0.05) is 31.8 Å². The standard InChI is InChI=1S/C20H24F2N4O/c21-16-8-7-13(11-17(16)22)14-12-15(14)20(27)23-9-4-6-19-25-24-18-5-2-1-3-10-26(18)19/h7-8,11,14-15H,1-6,9-10,12H2,(H,23,27)/t14-,15+/m1/s1. The van der Waals surface area contributed by atoms with Crippen LogP contribution in [0.2, 0.25) is 0 Å². The molecule has 7 heteroatoms. The van der Waals surface area contributed by atoms with Crippen LogP contribution in [-0.4, -0.2) is 27.2 Å². The van der Waals surface area contributed by atoms with Gasteiger partial charge in [0.1, 0.15) is 11.6 Å². The number of hydrogen-bond acceptors (Lipinski definition) is 3. The van der Waals surface area contributed by atoms with Crippen molar-refractivity contribution >= 4 is 5.91 Å². The molecule has 1 fully saturated rings. The Kier molecular flexibility index (Phi) is 5.18. The van der Waals surface area contributed by atoms with Crippen LogP contribution in [-0.2, 0) is 24.2 Å². The summed E-state index contributed by atoms with van der Waals surface area (Å²) in [5.74, 6) is 0.222. The molecule has 1 aromatic heterocycles. The lowest BCUT2D eigenvalue weighted by Gasteiger charge is -2.08. The molecule has 0 spiro atoms. The molecule has 0 radical (unpaired) electrons. The van der Waals surface area contributed by atoms with Crippen molar-refractivity contribution in [1.82, 2.24) is 20.1 Å². The molecule has 1 aromatic carbocycles. The lowest BCUT2D eigenvalue weighted by molar-refractivity contribution is -0.122. The highest BCUT2D eigenvalue weighted by atomic mass is 19.2. The van der Waals surface area contributed by atoms with Crippen LogP contribution in [0.25, 0.3) is 0 Å². The average molecular weight is 374 g/mol. The molecule has 0 unspecified atom stereocenters. The normalized spacial score (nSPS) is 21.4. The summed E-state index contributed by atoms with van der Waals surface area (Å²) in [6, 6.07) is 3.89. The van der Waals surface area contributed by atoms with Crippen LogP contribution in [0.15, 0.2) is 18.2 Å². The highest BCUT2D eigenvalue weighted by Gasteiger charge is 2.43. The summed E-state index contributed by atoms with van der Waals surface area (Å²) in [4.78, 5) is 12.3. The smallest absolute Gasteiger partial charge is 0.223 e. The highest BCUT2D eigenvalue weighted by Crippen LogP contribution is 2.47. The van der Waals surface area contributed by atoms with Gasteiger partial charge in [0.15, 0.2) is 11.6 Å². The Hall–Kier alpha value is -2.31. The summed E-state index contributed by atoms with van der Waals surface area (Å²) >= 11 is 0. The highest BCUT2D eigenvalue weighted by molar-refractivity contribution is 5.82. The summed E-state index contributed by atoms with van der Waals surface area (Å²) in [7, 11) is 0. The minimum Gasteiger partial charge on any atom is -0.356 e. The second-order valence-electron chi connectivity index (χ2n) is 7.51.